The second-order valence-corrected chi connectivity index (χ2v) is 11.2. The van der Waals surface area contributed by atoms with Crippen molar-refractivity contribution < 1.29 is 29.0 Å². The number of halogens is 2. The standard InChI is InChI=1S/C33H31BrFN3O5/c34-32-23(9-6-10-25(32)22-7-2-1-3-8-22)20-43-31-17-30(42-19-21-12-13-28(37-41)27(36)15-21)24(16-26(31)35)18-38-14-5-4-11-29(38)33(39)40/h1-3,6-10,12-13,15-17,29,36,41H,4-5,11,14,18-20H2,(H,39,40)/b36-27?,37-28-. The molecule has 1 aliphatic carbocycles. The molecule has 3 aromatic carbocycles. The molecule has 3 aromatic rings. The summed E-state index contributed by atoms with van der Waals surface area (Å²) in [7, 11) is 0. The summed E-state index contributed by atoms with van der Waals surface area (Å²) in [6, 6.07) is 17.9. The first kappa shape index (κ1) is 30.2. The maximum atomic E-state index is 15.5. The molecule has 1 fully saturated rings. The molecule has 0 spiro atoms. The number of rotatable bonds is 10. The van der Waals surface area contributed by atoms with E-state index in [9.17, 15) is 9.90 Å². The van der Waals surface area contributed by atoms with Gasteiger partial charge in [-0.05, 0) is 70.2 Å². The highest BCUT2D eigenvalue weighted by atomic mass is 79.9. The molecular weight excluding hydrogens is 617 g/mol. The molecule has 1 atom stereocenters. The van der Waals surface area contributed by atoms with Crippen molar-refractivity contribution in [3.05, 3.63) is 106 Å². The van der Waals surface area contributed by atoms with Gasteiger partial charge in [0.1, 0.15) is 30.7 Å². The van der Waals surface area contributed by atoms with Crippen molar-refractivity contribution in [2.45, 2.75) is 38.5 Å². The number of oxime groups is 1. The van der Waals surface area contributed by atoms with Gasteiger partial charge in [-0.1, -0.05) is 66.2 Å². The van der Waals surface area contributed by atoms with Crippen LogP contribution in [0.3, 0.4) is 0 Å². The van der Waals surface area contributed by atoms with E-state index in [1.807, 2.05) is 53.4 Å². The van der Waals surface area contributed by atoms with Crippen LogP contribution in [-0.4, -0.2) is 51.8 Å². The highest BCUT2D eigenvalue weighted by molar-refractivity contribution is 9.10. The molecule has 222 valence electrons. The summed E-state index contributed by atoms with van der Waals surface area (Å²) >= 11 is 3.69. The first-order chi connectivity index (χ1) is 20.8. The van der Waals surface area contributed by atoms with E-state index >= 15 is 4.39 Å². The average Bonchev–Trinajstić information content (AvgIpc) is 3.01. The van der Waals surface area contributed by atoms with Crippen LogP contribution in [0.1, 0.15) is 30.4 Å². The van der Waals surface area contributed by atoms with Crippen LogP contribution >= 0.6 is 15.9 Å². The number of benzene rings is 3. The molecular formula is C33H31BrFN3O5. The largest absolute Gasteiger partial charge is 0.488 e. The van der Waals surface area contributed by atoms with Crippen LogP contribution in [0.2, 0.25) is 0 Å². The molecule has 0 saturated carbocycles. The van der Waals surface area contributed by atoms with Crippen LogP contribution in [0.25, 0.3) is 11.1 Å². The van der Waals surface area contributed by atoms with Gasteiger partial charge in [0.05, 0.1) is 5.71 Å². The Balaban J connectivity index is 1.40. The van der Waals surface area contributed by atoms with Crippen LogP contribution in [0.15, 0.2) is 94.1 Å². The molecule has 0 aromatic heterocycles. The second kappa shape index (κ2) is 13.8. The molecule has 1 unspecified atom stereocenters. The summed E-state index contributed by atoms with van der Waals surface area (Å²) in [6.07, 6.45) is 6.92. The van der Waals surface area contributed by atoms with Gasteiger partial charge in [0, 0.05) is 28.2 Å². The van der Waals surface area contributed by atoms with Gasteiger partial charge < -0.3 is 19.8 Å². The fourth-order valence-corrected chi connectivity index (χ4v) is 5.84. The Labute approximate surface area is 257 Å². The van der Waals surface area contributed by atoms with Gasteiger partial charge in [-0.25, -0.2) is 4.39 Å². The third kappa shape index (κ3) is 7.21. The van der Waals surface area contributed by atoms with Crippen LogP contribution in [-0.2, 0) is 17.9 Å². The first-order valence-electron chi connectivity index (χ1n) is 13.9. The zero-order valence-electron chi connectivity index (χ0n) is 23.3. The Kier molecular flexibility index (Phi) is 9.68. The van der Waals surface area contributed by atoms with Gasteiger partial charge in [-0.15, -0.1) is 0 Å². The Morgan fingerprint density at radius 1 is 1.02 bits per heavy atom. The van der Waals surface area contributed by atoms with Gasteiger partial charge in [-0.3, -0.25) is 15.1 Å². The van der Waals surface area contributed by atoms with E-state index in [0.717, 1.165) is 34.0 Å². The molecule has 1 aliphatic heterocycles. The van der Waals surface area contributed by atoms with Crippen molar-refractivity contribution in [3.8, 4) is 22.6 Å². The number of allylic oxidation sites excluding steroid dienone is 2. The van der Waals surface area contributed by atoms with Crippen LogP contribution in [0.4, 0.5) is 4.39 Å². The zero-order chi connectivity index (χ0) is 30.3. The van der Waals surface area contributed by atoms with E-state index in [1.165, 1.54) is 24.3 Å². The lowest BCUT2D eigenvalue weighted by molar-refractivity contribution is -0.144. The van der Waals surface area contributed by atoms with Gasteiger partial charge in [0.25, 0.3) is 0 Å². The third-order valence-corrected chi connectivity index (χ3v) is 8.43. The van der Waals surface area contributed by atoms with Crippen molar-refractivity contribution in [1.29, 1.82) is 5.41 Å². The van der Waals surface area contributed by atoms with Gasteiger partial charge >= 0.3 is 5.97 Å². The van der Waals surface area contributed by atoms with Gasteiger partial charge in [-0.2, -0.15) is 0 Å². The lowest BCUT2D eigenvalue weighted by Gasteiger charge is -2.33. The van der Waals surface area contributed by atoms with Crippen molar-refractivity contribution in [3.63, 3.8) is 0 Å². The number of nitrogens with one attached hydrogen (secondary N) is 1. The number of carboxylic acids is 1. The Bertz CT molecular complexity index is 1610. The highest BCUT2D eigenvalue weighted by Gasteiger charge is 2.29. The number of aliphatic carboxylic acids is 1. The molecule has 0 bridgehead atoms. The number of ether oxygens (including phenoxy) is 2. The molecule has 0 amide bonds. The molecule has 1 heterocycles. The lowest BCUT2D eigenvalue weighted by Crippen LogP contribution is -2.44. The number of hydrogen-bond donors (Lipinski definition) is 3. The summed E-state index contributed by atoms with van der Waals surface area (Å²) in [6.45, 7) is 0.928. The van der Waals surface area contributed by atoms with Crippen molar-refractivity contribution in [2.24, 2.45) is 5.16 Å². The smallest absolute Gasteiger partial charge is 0.320 e. The second-order valence-electron chi connectivity index (χ2n) is 10.4. The quantitative estimate of drug-likeness (QED) is 0.124. The van der Waals surface area contributed by atoms with Crippen LogP contribution in [0.5, 0.6) is 11.5 Å². The number of carbonyl (C=O) groups is 1. The fraction of sp³-hybridized carbons (Fsp3) is 0.242. The predicted molar refractivity (Wildman–Crippen MR) is 166 cm³/mol. The van der Waals surface area contributed by atoms with Gasteiger partial charge in [0.2, 0.25) is 0 Å². The summed E-state index contributed by atoms with van der Waals surface area (Å²) < 4.78 is 28.5. The Morgan fingerprint density at radius 3 is 2.56 bits per heavy atom. The molecule has 3 N–H and O–H groups in total. The summed E-state index contributed by atoms with van der Waals surface area (Å²) in [5.74, 6) is -1.13. The number of nitrogens with zero attached hydrogens (tertiary/aromatic N) is 2. The van der Waals surface area contributed by atoms with Crippen LogP contribution < -0.4 is 9.47 Å². The van der Waals surface area contributed by atoms with E-state index in [4.69, 9.17) is 20.1 Å². The maximum absolute atomic E-state index is 15.5. The highest BCUT2D eigenvalue weighted by Crippen LogP contribution is 2.34. The molecule has 8 nitrogen and oxygen atoms in total. The van der Waals surface area contributed by atoms with Crippen molar-refractivity contribution in [1.82, 2.24) is 4.90 Å². The molecule has 43 heavy (non-hydrogen) atoms. The zero-order valence-corrected chi connectivity index (χ0v) is 24.9. The van der Waals surface area contributed by atoms with E-state index in [0.29, 0.717) is 29.9 Å². The van der Waals surface area contributed by atoms with Gasteiger partial charge in [0.15, 0.2) is 11.6 Å². The maximum Gasteiger partial charge on any atom is 0.320 e. The summed E-state index contributed by atoms with van der Waals surface area (Å²) in [5.41, 5.74) is 4.18. The minimum atomic E-state index is -0.900. The average molecular weight is 649 g/mol. The normalized spacial score (nSPS) is 18.0. The minimum Gasteiger partial charge on any atom is -0.488 e. The number of carboxylic acid groups (broad SMARTS) is 1. The molecule has 10 heteroatoms. The topological polar surface area (TPSA) is 115 Å². The molecule has 5 rings (SSSR count). The summed E-state index contributed by atoms with van der Waals surface area (Å²) in [4.78, 5) is 13.7. The van der Waals surface area contributed by atoms with E-state index in [1.54, 1.807) is 6.08 Å². The number of likely N-dealkylation sites (tertiary alicyclic amines) is 1. The van der Waals surface area contributed by atoms with E-state index < -0.39 is 17.8 Å². The third-order valence-electron chi connectivity index (χ3n) is 7.50. The molecule has 2 aliphatic rings. The summed E-state index contributed by atoms with van der Waals surface area (Å²) in [5, 5.41) is 29.9. The number of piperidine rings is 1. The van der Waals surface area contributed by atoms with E-state index in [-0.39, 0.29) is 36.9 Å². The lowest BCUT2D eigenvalue weighted by atomic mass is 10.0. The molecule has 0 radical (unpaired) electrons. The first-order valence-corrected chi connectivity index (χ1v) is 14.7. The van der Waals surface area contributed by atoms with E-state index in [2.05, 4.69) is 21.1 Å². The SMILES string of the molecule is N=C1C=C(COc2cc(OCc3cccc(-c4ccccc4)c3Br)c(F)cc2CN2CCCCC2C(=O)O)C=C/C1=N/O. The monoisotopic (exact) mass is 647 g/mol. The molecule has 1 saturated heterocycles. The Morgan fingerprint density at radius 2 is 1.81 bits per heavy atom. The predicted octanol–water partition coefficient (Wildman–Crippen LogP) is 7.00. The van der Waals surface area contributed by atoms with Crippen molar-refractivity contribution >= 4 is 33.3 Å². The number of hydrogen-bond acceptors (Lipinski definition) is 7. The Hall–Kier alpha value is -4.28. The van der Waals surface area contributed by atoms with Crippen LogP contribution in [0, 0.1) is 11.2 Å². The minimum absolute atomic E-state index is 0.000183. The van der Waals surface area contributed by atoms with Crippen molar-refractivity contribution in [2.75, 3.05) is 13.2 Å². The fourth-order valence-electron chi connectivity index (χ4n) is 5.23.